The van der Waals surface area contributed by atoms with E-state index < -0.39 is 6.03 Å². The molecule has 0 aromatic carbocycles. The molecule has 2 N–H and O–H groups in total. The first kappa shape index (κ1) is 15.5. The Morgan fingerprint density at radius 3 is 3.09 bits per heavy atom. The van der Waals surface area contributed by atoms with Crippen LogP contribution in [0.3, 0.4) is 0 Å². The summed E-state index contributed by atoms with van der Waals surface area (Å²) >= 11 is 0. The highest BCUT2D eigenvalue weighted by Gasteiger charge is 2.23. The predicted octanol–water partition coefficient (Wildman–Crippen LogP) is 0.115. The summed E-state index contributed by atoms with van der Waals surface area (Å²) in [4.78, 5) is 36.0. The Morgan fingerprint density at radius 2 is 2.35 bits per heavy atom. The molecule has 2 aliphatic rings. The first-order valence-corrected chi connectivity index (χ1v) is 7.62. The van der Waals surface area contributed by atoms with Gasteiger partial charge in [0.25, 0.3) is 0 Å². The van der Waals surface area contributed by atoms with Crippen LogP contribution in [0.1, 0.15) is 25.3 Å². The summed E-state index contributed by atoms with van der Waals surface area (Å²) in [6.45, 7) is 1.98. The van der Waals surface area contributed by atoms with Gasteiger partial charge in [0.1, 0.15) is 0 Å². The largest absolute Gasteiger partial charge is 0.379 e. The third-order valence-corrected chi connectivity index (χ3v) is 3.92. The zero-order valence-electron chi connectivity index (χ0n) is 12.7. The summed E-state index contributed by atoms with van der Waals surface area (Å²) in [6.07, 6.45) is 4.73. The van der Waals surface area contributed by atoms with Gasteiger partial charge in [-0.1, -0.05) is 0 Å². The van der Waals surface area contributed by atoms with Crippen molar-refractivity contribution in [1.29, 1.82) is 0 Å². The predicted molar refractivity (Wildman–Crippen MR) is 79.7 cm³/mol. The summed E-state index contributed by atoms with van der Waals surface area (Å²) in [7, 11) is 0. The number of ether oxygens (including phenoxy) is 1. The lowest BCUT2D eigenvalue weighted by atomic mass is 10.2. The van der Waals surface area contributed by atoms with E-state index in [-0.39, 0.29) is 37.2 Å². The van der Waals surface area contributed by atoms with Crippen molar-refractivity contribution < 1.29 is 19.1 Å². The van der Waals surface area contributed by atoms with Crippen molar-refractivity contribution >= 4 is 23.5 Å². The zero-order valence-corrected chi connectivity index (χ0v) is 12.7. The van der Waals surface area contributed by atoms with Gasteiger partial charge >= 0.3 is 6.03 Å². The van der Waals surface area contributed by atoms with Gasteiger partial charge in [-0.2, -0.15) is 5.10 Å². The maximum absolute atomic E-state index is 12.0. The molecule has 124 valence electrons. The lowest BCUT2D eigenvalue weighted by Crippen LogP contribution is -2.50. The van der Waals surface area contributed by atoms with Crippen LogP contribution >= 0.6 is 0 Å². The Labute approximate surface area is 132 Å². The van der Waals surface area contributed by atoms with Gasteiger partial charge in [-0.25, -0.2) is 4.79 Å². The van der Waals surface area contributed by atoms with E-state index in [9.17, 15) is 14.4 Å². The quantitative estimate of drug-likeness (QED) is 0.801. The van der Waals surface area contributed by atoms with Crippen molar-refractivity contribution in [2.45, 2.75) is 25.3 Å². The molecule has 0 spiro atoms. The molecule has 23 heavy (non-hydrogen) atoms. The minimum atomic E-state index is -0.442. The molecule has 4 amide bonds. The number of anilines is 1. The van der Waals surface area contributed by atoms with Crippen LogP contribution in [0.25, 0.3) is 0 Å². The van der Waals surface area contributed by atoms with Gasteiger partial charge < -0.3 is 15.0 Å². The SMILES string of the molecule is O=C1CCN(CCC(=O)Nc2cnn(C3CCOC3)c2)C(=O)N1. The Kier molecular flexibility index (Phi) is 4.56. The Hall–Kier alpha value is -2.42. The first-order chi connectivity index (χ1) is 11.1. The molecule has 0 aliphatic carbocycles. The minimum absolute atomic E-state index is 0.166. The van der Waals surface area contributed by atoms with Gasteiger partial charge in [-0.15, -0.1) is 0 Å². The smallest absolute Gasteiger partial charge is 0.324 e. The second-order valence-electron chi connectivity index (χ2n) is 5.61. The van der Waals surface area contributed by atoms with E-state index >= 15 is 0 Å². The number of nitrogens with zero attached hydrogens (tertiary/aromatic N) is 3. The average Bonchev–Trinajstić information content (AvgIpc) is 3.17. The van der Waals surface area contributed by atoms with Crippen molar-refractivity contribution in [3.8, 4) is 0 Å². The van der Waals surface area contributed by atoms with Crippen molar-refractivity contribution in [1.82, 2.24) is 20.0 Å². The van der Waals surface area contributed by atoms with Crippen LogP contribution in [0, 0.1) is 0 Å². The number of rotatable bonds is 5. The summed E-state index contributed by atoms with van der Waals surface area (Å²) in [5.74, 6) is -0.476. The summed E-state index contributed by atoms with van der Waals surface area (Å²) in [6, 6.07) is -0.224. The van der Waals surface area contributed by atoms with Crippen LogP contribution in [-0.4, -0.2) is 58.8 Å². The summed E-state index contributed by atoms with van der Waals surface area (Å²) in [5, 5.41) is 9.22. The third-order valence-electron chi connectivity index (χ3n) is 3.92. The topological polar surface area (TPSA) is 106 Å². The normalized spacial score (nSPS) is 21.4. The van der Waals surface area contributed by atoms with Gasteiger partial charge in [0.15, 0.2) is 0 Å². The van der Waals surface area contributed by atoms with Crippen LogP contribution < -0.4 is 10.6 Å². The molecule has 9 nitrogen and oxygen atoms in total. The van der Waals surface area contributed by atoms with E-state index in [2.05, 4.69) is 15.7 Å². The number of hydrogen-bond donors (Lipinski definition) is 2. The fourth-order valence-electron chi connectivity index (χ4n) is 2.61. The van der Waals surface area contributed by atoms with Crippen molar-refractivity contribution in [2.75, 3.05) is 31.6 Å². The molecular formula is C14H19N5O4. The molecule has 0 saturated carbocycles. The molecule has 3 rings (SSSR count). The Morgan fingerprint density at radius 1 is 1.48 bits per heavy atom. The number of aromatic nitrogens is 2. The number of carbonyl (C=O) groups is 3. The van der Waals surface area contributed by atoms with Crippen LogP contribution in [0.4, 0.5) is 10.5 Å². The van der Waals surface area contributed by atoms with Gasteiger partial charge in [-0.05, 0) is 6.42 Å². The number of imide groups is 1. The fourth-order valence-corrected chi connectivity index (χ4v) is 2.61. The van der Waals surface area contributed by atoms with Gasteiger partial charge in [0, 0.05) is 38.7 Å². The molecule has 1 aromatic heterocycles. The molecular weight excluding hydrogens is 302 g/mol. The van der Waals surface area contributed by atoms with Gasteiger partial charge in [0.05, 0.1) is 24.5 Å². The maximum atomic E-state index is 12.0. The van der Waals surface area contributed by atoms with Crippen LogP contribution in [0.5, 0.6) is 0 Å². The zero-order chi connectivity index (χ0) is 16.2. The molecule has 1 atom stereocenters. The summed E-state index contributed by atoms with van der Waals surface area (Å²) < 4.78 is 7.11. The molecule has 1 aromatic rings. The van der Waals surface area contributed by atoms with Gasteiger partial charge in [-0.3, -0.25) is 19.6 Å². The van der Waals surface area contributed by atoms with Crippen molar-refractivity contribution in [3.05, 3.63) is 12.4 Å². The van der Waals surface area contributed by atoms with Crippen LogP contribution in [-0.2, 0) is 14.3 Å². The lowest BCUT2D eigenvalue weighted by Gasteiger charge is -2.26. The van der Waals surface area contributed by atoms with E-state index in [1.807, 2.05) is 0 Å². The number of hydrogen-bond acceptors (Lipinski definition) is 5. The first-order valence-electron chi connectivity index (χ1n) is 7.62. The minimum Gasteiger partial charge on any atom is -0.379 e. The van der Waals surface area contributed by atoms with Crippen LogP contribution in [0.2, 0.25) is 0 Å². The molecule has 3 heterocycles. The standard InChI is InChI=1S/C14H19N5O4/c20-12(1-4-18-5-2-13(21)17-14(18)22)16-10-7-15-19(8-10)11-3-6-23-9-11/h7-8,11H,1-6,9H2,(H,16,20)(H,17,21,22). The third kappa shape index (κ3) is 3.86. The second-order valence-corrected chi connectivity index (χ2v) is 5.61. The van der Waals surface area contributed by atoms with E-state index in [1.165, 1.54) is 4.90 Å². The molecule has 0 bridgehead atoms. The van der Waals surface area contributed by atoms with Crippen molar-refractivity contribution in [3.63, 3.8) is 0 Å². The highest BCUT2D eigenvalue weighted by molar-refractivity contribution is 5.97. The summed E-state index contributed by atoms with van der Waals surface area (Å²) in [5.41, 5.74) is 0.625. The van der Waals surface area contributed by atoms with E-state index in [4.69, 9.17) is 4.74 Å². The molecule has 0 radical (unpaired) electrons. The monoisotopic (exact) mass is 321 g/mol. The highest BCUT2D eigenvalue weighted by atomic mass is 16.5. The van der Waals surface area contributed by atoms with E-state index in [1.54, 1.807) is 17.1 Å². The van der Waals surface area contributed by atoms with Gasteiger partial charge in [0.2, 0.25) is 11.8 Å². The highest BCUT2D eigenvalue weighted by Crippen LogP contribution is 2.19. The Bertz CT molecular complexity index is 608. The second kappa shape index (κ2) is 6.78. The van der Waals surface area contributed by atoms with E-state index in [0.29, 0.717) is 18.8 Å². The van der Waals surface area contributed by atoms with Crippen molar-refractivity contribution in [2.24, 2.45) is 0 Å². The average molecular weight is 321 g/mol. The Balaban J connectivity index is 1.46. The molecule has 1 unspecified atom stereocenters. The number of amides is 4. The molecule has 2 fully saturated rings. The molecule has 9 heteroatoms. The molecule has 2 saturated heterocycles. The number of carbonyl (C=O) groups excluding carboxylic acids is 3. The maximum Gasteiger partial charge on any atom is 0.324 e. The van der Waals surface area contributed by atoms with E-state index in [0.717, 1.165) is 13.0 Å². The fraction of sp³-hybridized carbons (Fsp3) is 0.571. The number of nitrogens with one attached hydrogen (secondary N) is 2. The number of urea groups is 1. The lowest BCUT2D eigenvalue weighted by molar-refractivity contribution is -0.121. The molecule has 2 aliphatic heterocycles. The van der Waals surface area contributed by atoms with Crippen LogP contribution in [0.15, 0.2) is 12.4 Å².